The first-order chi connectivity index (χ1) is 13.2. The van der Waals surface area contributed by atoms with Gasteiger partial charge in [-0.05, 0) is 43.8 Å². The molecule has 0 heterocycles. The summed E-state index contributed by atoms with van der Waals surface area (Å²) in [5.41, 5.74) is 5.39. The third-order valence-electron chi connectivity index (χ3n) is 3.75. The Morgan fingerprint density at radius 1 is 0.893 bits per heavy atom. The van der Waals surface area contributed by atoms with Gasteiger partial charge >= 0.3 is 5.97 Å². The zero-order valence-electron chi connectivity index (χ0n) is 16.3. The molecule has 0 bridgehead atoms. The van der Waals surface area contributed by atoms with Crippen LogP contribution in [0.3, 0.4) is 0 Å². The first kappa shape index (κ1) is 26.5. The lowest BCUT2D eigenvalue weighted by atomic mass is 10.1. The summed E-state index contributed by atoms with van der Waals surface area (Å²) >= 11 is 2.94. The molecule has 0 rings (SSSR count). The van der Waals surface area contributed by atoms with Crippen molar-refractivity contribution in [3.8, 4) is 0 Å². The topological polar surface area (TPSA) is 171 Å². The number of carboxylic acid groups (broad SMARTS) is 1. The van der Waals surface area contributed by atoms with Crippen LogP contribution in [-0.2, 0) is 19.2 Å². The maximum Gasteiger partial charge on any atom is 0.326 e. The quantitative estimate of drug-likeness (QED) is 0.186. The minimum absolute atomic E-state index is 0.261. The van der Waals surface area contributed by atoms with Gasteiger partial charge in [0.25, 0.3) is 0 Å². The van der Waals surface area contributed by atoms with Gasteiger partial charge < -0.3 is 31.9 Å². The SMILES string of the molecule is CSCCC(NC(=O)C(CCSC)NC(=O)C(C)NC(=O)C(N)CO)C(=O)O. The molecule has 0 aromatic carbocycles. The molecule has 0 spiro atoms. The van der Waals surface area contributed by atoms with Crippen molar-refractivity contribution in [2.24, 2.45) is 5.73 Å². The lowest BCUT2D eigenvalue weighted by Gasteiger charge is -2.23. The summed E-state index contributed by atoms with van der Waals surface area (Å²) in [4.78, 5) is 47.8. The molecule has 4 atom stereocenters. The van der Waals surface area contributed by atoms with Crippen molar-refractivity contribution in [3.63, 3.8) is 0 Å². The van der Waals surface area contributed by atoms with E-state index in [9.17, 15) is 24.3 Å². The fourth-order valence-electron chi connectivity index (χ4n) is 2.04. The van der Waals surface area contributed by atoms with E-state index in [1.54, 1.807) is 0 Å². The number of nitrogens with one attached hydrogen (secondary N) is 3. The van der Waals surface area contributed by atoms with E-state index in [4.69, 9.17) is 10.8 Å². The first-order valence-corrected chi connectivity index (χ1v) is 11.4. The Labute approximate surface area is 173 Å². The maximum atomic E-state index is 12.5. The first-order valence-electron chi connectivity index (χ1n) is 8.66. The van der Waals surface area contributed by atoms with Gasteiger partial charge in [0.1, 0.15) is 24.2 Å². The van der Waals surface area contributed by atoms with Crippen LogP contribution in [0.15, 0.2) is 0 Å². The predicted octanol–water partition coefficient (Wildman–Crippen LogP) is -1.63. The lowest BCUT2D eigenvalue weighted by Crippen LogP contribution is -2.56. The van der Waals surface area contributed by atoms with Gasteiger partial charge in [0.2, 0.25) is 17.7 Å². The van der Waals surface area contributed by atoms with Crippen LogP contribution in [0.4, 0.5) is 0 Å². The average molecular weight is 439 g/mol. The van der Waals surface area contributed by atoms with Crippen LogP contribution in [0.5, 0.6) is 0 Å². The van der Waals surface area contributed by atoms with Gasteiger partial charge in [0, 0.05) is 0 Å². The van der Waals surface area contributed by atoms with Crippen molar-refractivity contribution in [2.45, 2.75) is 43.9 Å². The van der Waals surface area contributed by atoms with Gasteiger partial charge in [-0.1, -0.05) is 0 Å². The number of carbonyl (C=O) groups excluding carboxylic acids is 3. The molecule has 28 heavy (non-hydrogen) atoms. The minimum Gasteiger partial charge on any atom is -0.480 e. The van der Waals surface area contributed by atoms with Crippen LogP contribution in [0.2, 0.25) is 0 Å². The highest BCUT2D eigenvalue weighted by molar-refractivity contribution is 7.98. The molecule has 0 aromatic rings. The van der Waals surface area contributed by atoms with Crippen LogP contribution in [-0.4, -0.2) is 88.7 Å². The summed E-state index contributed by atoms with van der Waals surface area (Å²) in [6.45, 7) is 0.852. The summed E-state index contributed by atoms with van der Waals surface area (Å²) in [5, 5.41) is 25.5. The van der Waals surface area contributed by atoms with E-state index in [1.165, 1.54) is 30.4 Å². The molecule has 0 radical (unpaired) electrons. The Morgan fingerprint density at radius 2 is 1.39 bits per heavy atom. The van der Waals surface area contributed by atoms with Gasteiger partial charge in [-0.15, -0.1) is 0 Å². The van der Waals surface area contributed by atoms with E-state index < -0.39 is 54.5 Å². The molecule has 10 nitrogen and oxygen atoms in total. The zero-order valence-corrected chi connectivity index (χ0v) is 17.9. The van der Waals surface area contributed by atoms with Crippen LogP contribution in [0, 0.1) is 0 Å². The van der Waals surface area contributed by atoms with Gasteiger partial charge in [-0.3, -0.25) is 14.4 Å². The number of rotatable bonds is 14. The number of thioether (sulfide) groups is 2. The molecule has 0 aliphatic rings. The number of aliphatic carboxylic acids is 1. The highest BCUT2D eigenvalue weighted by atomic mass is 32.2. The van der Waals surface area contributed by atoms with E-state index in [0.717, 1.165) is 0 Å². The molecule has 0 aromatic heterocycles. The van der Waals surface area contributed by atoms with E-state index in [2.05, 4.69) is 16.0 Å². The summed E-state index contributed by atoms with van der Waals surface area (Å²) in [5.74, 6) is -1.92. The molecule has 7 N–H and O–H groups in total. The van der Waals surface area contributed by atoms with Crippen molar-refractivity contribution in [1.29, 1.82) is 0 Å². The molecule has 0 aliphatic heterocycles. The third-order valence-corrected chi connectivity index (χ3v) is 5.04. The van der Waals surface area contributed by atoms with Crippen LogP contribution in [0.1, 0.15) is 19.8 Å². The Kier molecular flexibility index (Phi) is 13.7. The normalized spacial score (nSPS) is 15.0. The Morgan fingerprint density at radius 3 is 1.86 bits per heavy atom. The van der Waals surface area contributed by atoms with E-state index >= 15 is 0 Å². The molecule has 0 saturated carbocycles. The van der Waals surface area contributed by atoms with Crippen molar-refractivity contribution in [2.75, 3.05) is 30.6 Å². The van der Waals surface area contributed by atoms with Crippen molar-refractivity contribution < 1.29 is 29.4 Å². The number of nitrogens with two attached hydrogens (primary N) is 1. The van der Waals surface area contributed by atoms with Crippen molar-refractivity contribution >= 4 is 47.2 Å². The average Bonchev–Trinajstić information content (AvgIpc) is 2.66. The Bertz CT molecular complexity index is 537. The largest absolute Gasteiger partial charge is 0.480 e. The van der Waals surface area contributed by atoms with Crippen molar-refractivity contribution in [1.82, 2.24) is 16.0 Å². The van der Waals surface area contributed by atoms with Gasteiger partial charge in [0.15, 0.2) is 0 Å². The minimum atomic E-state index is -1.15. The fourth-order valence-corrected chi connectivity index (χ4v) is 2.98. The number of hydrogen-bond donors (Lipinski definition) is 6. The Hall–Kier alpha value is -1.50. The molecular weight excluding hydrogens is 408 g/mol. The van der Waals surface area contributed by atoms with Crippen molar-refractivity contribution in [3.05, 3.63) is 0 Å². The third kappa shape index (κ3) is 10.2. The number of carbonyl (C=O) groups is 4. The molecule has 0 saturated heterocycles. The van der Waals surface area contributed by atoms with Gasteiger partial charge in [-0.25, -0.2) is 4.79 Å². The van der Waals surface area contributed by atoms with Gasteiger partial charge in [-0.2, -0.15) is 23.5 Å². The summed E-state index contributed by atoms with van der Waals surface area (Å²) in [6, 6.07) is -4.13. The van der Waals surface area contributed by atoms with E-state index in [0.29, 0.717) is 17.9 Å². The second-order valence-corrected chi connectivity index (χ2v) is 8.01. The number of amides is 3. The molecule has 4 unspecified atom stereocenters. The smallest absolute Gasteiger partial charge is 0.326 e. The molecule has 0 fully saturated rings. The van der Waals surface area contributed by atoms with Crippen LogP contribution in [0.25, 0.3) is 0 Å². The van der Waals surface area contributed by atoms with E-state index in [1.807, 2.05) is 12.5 Å². The summed E-state index contributed by atoms with van der Waals surface area (Å²) < 4.78 is 0. The zero-order chi connectivity index (χ0) is 21.7. The second-order valence-electron chi connectivity index (χ2n) is 6.04. The molecule has 0 aliphatic carbocycles. The summed E-state index contributed by atoms with van der Waals surface area (Å²) in [7, 11) is 0. The number of hydrogen-bond acceptors (Lipinski definition) is 8. The molecule has 162 valence electrons. The standard InChI is InChI=1S/C16H30N4O6S2/c1-9(18-14(23)10(17)8-21)13(22)19-11(4-6-27-2)15(24)20-12(16(25)26)5-7-28-3/h9-12,21H,4-8,17H2,1-3H3,(H,18,23)(H,19,22)(H,20,24)(H,25,26). The number of aliphatic hydroxyl groups excluding tert-OH is 1. The molecule has 3 amide bonds. The predicted molar refractivity (Wildman–Crippen MR) is 110 cm³/mol. The number of aliphatic hydroxyl groups is 1. The number of carboxylic acids is 1. The monoisotopic (exact) mass is 438 g/mol. The maximum absolute atomic E-state index is 12.5. The van der Waals surface area contributed by atoms with Crippen LogP contribution < -0.4 is 21.7 Å². The molecular formula is C16H30N4O6S2. The van der Waals surface area contributed by atoms with Crippen LogP contribution >= 0.6 is 23.5 Å². The summed E-state index contributed by atoms with van der Waals surface area (Å²) in [6.07, 6.45) is 4.23. The van der Waals surface area contributed by atoms with Gasteiger partial charge in [0.05, 0.1) is 6.61 Å². The second kappa shape index (κ2) is 14.5. The lowest BCUT2D eigenvalue weighted by molar-refractivity contribution is -0.142. The Balaban J connectivity index is 4.99. The molecule has 12 heteroatoms. The fraction of sp³-hybridized carbons (Fsp3) is 0.750. The highest BCUT2D eigenvalue weighted by Crippen LogP contribution is 2.05. The highest BCUT2D eigenvalue weighted by Gasteiger charge is 2.28. The van der Waals surface area contributed by atoms with E-state index in [-0.39, 0.29) is 6.42 Å².